The fourth-order valence-corrected chi connectivity index (χ4v) is 1.96. The topological polar surface area (TPSA) is 28.2 Å². The third-order valence-corrected chi connectivity index (χ3v) is 2.78. The third kappa shape index (κ3) is 4.35. The van der Waals surface area contributed by atoms with E-state index in [2.05, 4.69) is 55.0 Å². The summed E-state index contributed by atoms with van der Waals surface area (Å²) in [6.45, 7) is 12.6. The highest BCUT2D eigenvalue weighted by Crippen LogP contribution is 2.15. The van der Waals surface area contributed by atoms with E-state index in [0.717, 1.165) is 44.1 Å². The maximum Gasteiger partial charge on any atom is 0.129 e. The second kappa shape index (κ2) is 7.28. The van der Waals surface area contributed by atoms with Crippen molar-refractivity contribution in [1.82, 2.24) is 10.3 Å². The van der Waals surface area contributed by atoms with E-state index in [4.69, 9.17) is 0 Å². The quantitative estimate of drug-likeness (QED) is 0.787. The fraction of sp³-hybridized carbons (Fsp3) is 0.643. The Morgan fingerprint density at radius 3 is 2.59 bits per heavy atom. The molecule has 1 N–H and O–H groups in total. The number of aryl methyl sites for hydroxylation is 1. The molecule has 0 saturated carbocycles. The van der Waals surface area contributed by atoms with Crippen LogP contribution in [0.15, 0.2) is 12.1 Å². The molecule has 0 aliphatic carbocycles. The van der Waals surface area contributed by atoms with Crippen molar-refractivity contribution in [3.05, 3.63) is 23.4 Å². The summed E-state index contributed by atoms with van der Waals surface area (Å²) in [5.74, 6) is 1.11. The van der Waals surface area contributed by atoms with E-state index in [-0.39, 0.29) is 0 Å². The molecule has 0 bridgehead atoms. The first-order chi connectivity index (χ1) is 8.21. The molecule has 3 nitrogen and oxygen atoms in total. The number of nitrogens with one attached hydrogen (secondary N) is 1. The first-order valence-electron chi connectivity index (χ1n) is 6.64. The van der Waals surface area contributed by atoms with Crippen LogP contribution >= 0.6 is 0 Å². The lowest BCUT2D eigenvalue weighted by molar-refractivity contribution is 0.721. The van der Waals surface area contributed by atoms with E-state index in [0.29, 0.717) is 0 Å². The average Bonchev–Trinajstić information content (AvgIpc) is 2.32. The number of anilines is 1. The van der Waals surface area contributed by atoms with Crippen molar-refractivity contribution >= 4 is 5.82 Å². The Morgan fingerprint density at radius 2 is 2.00 bits per heavy atom. The maximum absolute atomic E-state index is 4.63. The molecule has 17 heavy (non-hydrogen) atoms. The van der Waals surface area contributed by atoms with Crippen LogP contribution in [0.5, 0.6) is 0 Å². The Bertz CT molecular complexity index is 336. The molecule has 3 heteroatoms. The van der Waals surface area contributed by atoms with Crippen LogP contribution in [0.25, 0.3) is 0 Å². The summed E-state index contributed by atoms with van der Waals surface area (Å²) in [6.07, 6.45) is 1.16. The van der Waals surface area contributed by atoms with E-state index < -0.39 is 0 Å². The van der Waals surface area contributed by atoms with Gasteiger partial charge in [-0.25, -0.2) is 4.98 Å². The summed E-state index contributed by atoms with van der Waals surface area (Å²) >= 11 is 0. The molecule has 0 aromatic carbocycles. The molecule has 0 saturated heterocycles. The first-order valence-corrected chi connectivity index (χ1v) is 6.64. The summed E-state index contributed by atoms with van der Waals surface area (Å²) in [5.41, 5.74) is 2.42. The van der Waals surface area contributed by atoms with Gasteiger partial charge in [-0.05, 0) is 44.5 Å². The van der Waals surface area contributed by atoms with Crippen LogP contribution in [0.1, 0.15) is 38.4 Å². The Balaban J connectivity index is 2.86. The van der Waals surface area contributed by atoms with Crippen molar-refractivity contribution < 1.29 is 0 Å². The molecule has 0 unspecified atom stereocenters. The molecule has 1 aromatic heterocycles. The maximum atomic E-state index is 4.63. The third-order valence-electron chi connectivity index (χ3n) is 2.78. The Labute approximate surface area is 105 Å². The van der Waals surface area contributed by atoms with E-state index in [1.807, 2.05) is 0 Å². The molecule has 0 atom stereocenters. The summed E-state index contributed by atoms with van der Waals surface area (Å²) in [4.78, 5) is 6.97. The van der Waals surface area contributed by atoms with Gasteiger partial charge in [0.25, 0.3) is 0 Å². The molecule has 1 heterocycles. The zero-order valence-corrected chi connectivity index (χ0v) is 11.6. The van der Waals surface area contributed by atoms with Crippen molar-refractivity contribution in [2.45, 2.75) is 40.7 Å². The molecule has 0 aliphatic heterocycles. The number of nitrogens with zero attached hydrogens (tertiary/aromatic N) is 2. The highest BCUT2D eigenvalue weighted by molar-refractivity contribution is 5.42. The predicted octanol–water partition coefficient (Wildman–Crippen LogP) is 2.74. The highest BCUT2D eigenvalue weighted by Gasteiger charge is 2.06. The van der Waals surface area contributed by atoms with Crippen LogP contribution in [0.4, 0.5) is 5.82 Å². The average molecular weight is 235 g/mol. The van der Waals surface area contributed by atoms with Gasteiger partial charge in [0.2, 0.25) is 0 Å². The van der Waals surface area contributed by atoms with Gasteiger partial charge in [-0.15, -0.1) is 0 Å². The van der Waals surface area contributed by atoms with Gasteiger partial charge in [-0.1, -0.05) is 13.8 Å². The van der Waals surface area contributed by atoms with Gasteiger partial charge in [-0.3, -0.25) is 0 Å². The Morgan fingerprint density at radius 1 is 1.24 bits per heavy atom. The van der Waals surface area contributed by atoms with Gasteiger partial charge in [0.1, 0.15) is 5.82 Å². The number of pyridine rings is 1. The lowest BCUT2D eigenvalue weighted by atomic mass is 10.2. The lowest BCUT2D eigenvalue weighted by Crippen LogP contribution is -2.25. The van der Waals surface area contributed by atoms with Crippen LogP contribution in [0.3, 0.4) is 0 Å². The molecule has 1 aromatic rings. The van der Waals surface area contributed by atoms with Crippen molar-refractivity contribution in [3.63, 3.8) is 0 Å². The molecule has 0 aliphatic rings. The molecule has 96 valence electrons. The van der Waals surface area contributed by atoms with Crippen molar-refractivity contribution in [2.24, 2.45) is 0 Å². The summed E-state index contributed by atoms with van der Waals surface area (Å²) < 4.78 is 0. The van der Waals surface area contributed by atoms with E-state index in [1.165, 1.54) is 5.56 Å². The SMILES string of the molecule is CCCN(CC)c1cc(CNCC)cc(C)n1. The van der Waals surface area contributed by atoms with Gasteiger partial charge in [0.15, 0.2) is 0 Å². The Hall–Kier alpha value is -1.09. The highest BCUT2D eigenvalue weighted by atomic mass is 15.2. The van der Waals surface area contributed by atoms with Crippen LogP contribution in [-0.2, 0) is 6.54 Å². The van der Waals surface area contributed by atoms with Gasteiger partial charge in [-0.2, -0.15) is 0 Å². The van der Waals surface area contributed by atoms with E-state index in [1.54, 1.807) is 0 Å². The minimum Gasteiger partial charge on any atom is -0.357 e. The molecule has 0 spiro atoms. The normalized spacial score (nSPS) is 10.6. The van der Waals surface area contributed by atoms with Crippen LogP contribution in [0, 0.1) is 6.92 Å². The van der Waals surface area contributed by atoms with Crippen LogP contribution < -0.4 is 10.2 Å². The zero-order chi connectivity index (χ0) is 12.7. The van der Waals surface area contributed by atoms with Gasteiger partial charge < -0.3 is 10.2 Å². The molecule has 0 amide bonds. The van der Waals surface area contributed by atoms with Crippen molar-refractivity contribution in [2.75, 3.05) is 24.5 Å². The van der Waals surface area contributed by atoms with Gasteiger partial charge in [0.05, 0.1) is 0 Å². The van der Waals surface area contributed by atoms with Crippen LogP contribution in [-0.4, -0.2) is 24.6 Å². The number of aromatic nitrogens is 1. The van der Waals surface area contributed by atoms with Gasteiger partial charge >= 0.3 is 0 Å². The van der Waals surface area contributed by atoms with E-state index >= 15 is 0 Å². The van der Waals surface area contributed by atoms with Crippen molar-refractivity contribution in [3.8, 4) is 0 Å². The van der Waals surface area contributed by atoms with Crippen molar-refractivity contribution in [1.29, 1.82) is 0 Å². The van der Waals surface area contributed by atoms with Gasteiger partial charge in [0, 0.05) is 25.3 Å². The minimum atomic E-state index is 0.927. The molecule has 0 radical (unpaired) electrons. The predicted molar refractivity (Wildman–Crippen MR) is 74.5 cm³/mol. The Kier molecular flexibility index (Phi) is 5.98. The monoisotopic (exact) mass is 235 g/mol. The second-order valence-corrected chi connectivity index (χ2v) is 4.33. The lowest BCUT2D eigenvalue weighted by Gasteiger charge is -2.22. The number of hydrogen-bond acceptors (Lipinski definition) is 3. The smallest absolute Gasteiger partial charge is 0.129 e. The molecular formula is C14H25N3. The minimum absolute atomic E-state index is 0.927. The van der Waals surface area contributed by atoms with Crippen LogP contribution in [0.2, 0.25) is 0 Å². The number of rotatable bonds is 7. The molecule has 0 fully saturated rings. The second-order valence-electron chi connectivity index (χ2n) is 4.33. The summed E-state index contributed by atoms with van der Waals surface area (Å²) in [6, 6.07) is 4.36. The standard InChI is InChI=1S/C14H25N3/c1-5-8-17(7-3)14-10-13(11-15-6-2)9-12(4)16-14/h9-10,15H,5-8,11H2,1-4H3. The molecular weight excluding hydrogens is 210 g/mol. The zero-order valence-electron chi connectivity index (χ0n) is 11.6. The number of hydrogen-bond donors (Lipinski definition) is 1. The first kappa shape index (κ1) is 14.0. The fourth-order valence-electron chi connectivity index (χ4n) is 1.96. The molecule has 1 rings (SSSR count). The largest absolute Gasteiger partial charge is 0.357 e. The summed E-state index contributed by atoms with van der Waals surface area (Å²) in [7, 11) is 0. The van der Waals surface area contributed by atoms with E-state index in [9.17, 15) is 0 Å². The summed E-state index contributed by atoms with van der Waals surface area (Å²) in [5, 5.41) is 3.36.